The first-order valence-corrected chi connectivity index (χ1v) is 7.43. The van der Waals surface area contributed by atoms with Crippen molar-refractivity contribution in [2.75, 3.05) is 6.54 Å². The molecular weight excluding hydrogens is 294 g/mol. The Bertz CT molecular complexity index is 736. The quantitative estimate of drug-likeness (QED) is 0.805. The number of rotatable bonds is 4. The number of nitrogens with zero attached hydrogens (tertiary/aromatic N) is 2. The molecule has 3 rings (SSSR count). The first kappa shape index (κ1) is 13.1. The van der Waals surface area contributed by atoms with Gasteiger partial charge in [0.05, 0.1) is 5.02 Å². The topological polar surface area (TPSA) is 46.4 Å². The highest BCUT2D eigenvalue weighted by atomic mass is 35.5. The van der Waals surface area contributed by atoms with Gasteiger partial charge in [-0.2, -0.15) is 0 Å². The molecule has 0 aliphatic rings. The van der Waals surface area contributed by atoms with Crippen molar-refractivity contribution in [3.63, 3.8) is 0 Å². The van der Waals surface area contributed by atoms with Crippen LogP contribution in [0.3, 0.4) is 0 Å². The van der Waals surface area contributed by atoms with E-state index in [2.05, 4.69) is 16.4 Å². The third kappa shape index (κ3) is 2.84. The van der Waals surface area contributed by atoms with Gasteiger partial charge < -0.3 is 9.72 Å². The Morgan fingerprint density at radius 3 is 3.05 bits per heavy atom. The molecule has 0 radical (unpaired) electrons. The van der Waals surface area contributed by atoms with Gasteiger partial charge in [0.1, 0.15) is 11.3 Å². The van der Waals surface area contributed by atoms with Crippen molar-refractivity contribution >= 4 is 34.5 Å². The van der Waals surface area contributed by atoms with Gasteiger partial charge in [-0.25, -0.2) is 4.98 Å². The van der Waals surface area contributed by atoms with Crippen LogP contribution in [0.25, 0.3) is 5.65 Å². The molecule has 0 aromatic carbocycles. The van der Waals surface area contributed by atoms with Gasteiger partial charge >= 0.3 is 0 Å². The van der Waals surface area contributed by atoms with Gasteiger partial charge in [0, 0.05) is 23.8 Å². The third-order valence-corrected chi connectivity index (χ3v) is 4.04. The van der Waals surface area contributed by atoms with Crippen molar-refractivity contribution in [3.05, 3.63) is 57.6 Å². The van der Waals surface area contributed by atoms with Crippen molar-refractivity contribution in [1.29, 1.82) is 0 Å². The van der Waals surface area contributed by atoms with Crippen molar-refractivity contribution in [2.24, 2.45) is 0 Å². The van der Waals surface area contributed by atoms with Crippen LogP contribution in [0.1, 0.15) is 15.4 Å². The number of pyridine rings is 1. The summed E-state index contributed by atoms with van der Waals surface area (Å²) in [5.41, 5.74) is 1.11. The number of hydrogen-bond acceptors (Lipinski definition) is 3. The fourth-order valence-electron chi connectivity index (χ4n) is 1.92. The number of imidazole rings is 1. The molecule has 0 saturated carbocycles. The van der Waals surface area contributed by atoms with Gasteiger partial charge in [0.15, 0.2) is 0 Å². The van der Waals surface area contributed by atoms with Crippen LogP contribution in [0.4, 0.5) is 0 Å². The van der Waals surface area contributed by atoms with E-state index in [1.165, 1.54) is 4.88 Å². The van der Waals surface area contributed by atoms with Crippen molar-refractivity contribution in [1.82, 2.24) is 14.7 Å². The van der Waals surface area contributed by atoms with E-state index in [1.54, 1.807) is 40.3 Å². The summed E-state index contributed by atoms with van der Waals surface area (Å²) >= 11 is 7.59. The van der Waals surface area contributed by atoms with Gasteiger partial charge in [0.25, 0.3) is 5.91 Å². The summed E-state index contributed by atoms with van der Waals surface area (Å²) in [5, 5.41) is 5.51. The first-order chi connectivity index (χ1) is 9.72. The third-order valence-electron chi connectivity index (χ3n) is 2.88. The summed E-state index contributed by atoms with van der Waals surface area (Å²) in [6.45, 7) is 0.605. The summed E-state index contributed by atoms with van der Waals surface area (Å²) in [7, 11) is 0. The molecule has 0 spiro atoms. The minimum Gasteiger partial charge on any atom is -0.350 e. The summed E-state index contributed by atoms with van der Waals surface area (Å²) in [5.74, 6) is -0.165. The van der Waals surface area contributed by atoms with Crippen LogP contribution in [-0.4, -0.2) is 21.8 Å². The van der Waals surface area contributed by atoms with E-state index in [-0.39, 0.29) is 5.91 Å². The molecule has 1 amide bonds. The van der Waals surface area contributed by atoms with Gasteiger partial charge in [-0.3, -0.25) is 4.79 Å². The molecule has 3 aromatic heterocycles. The molecule has 20 heavy (non-hydrogen) atoms. The second-order valence-electron chi connectivity index (χ2n) is 4.32. The van der Waals surface area contributed by atoms with E-state index >= 15 is 0 Å². The minimum atomic E-state index is -0.165. The van der Waals surface area contributed by atoms with Crippen molar-refractivity contribution < 1.29 is 4.79 Å². The van der Waals surface area contributed by atoms with Gasteiger partial charge in [-0.1, -0.05) is 17.7 Å². The molecule has 0 aliphatic heterocycles. The number of thiophene rings is 1. The lowest BCUT2D eigenvalue weighted by molar-refractivity contribution is 0.0950. The SMILES string of the molecule is O=C(NCCc1cccs1)c1cn2cc(Cl)ccc2n1. The highest BCUT2D eigenvalue weighted by Gasteiger charge is 2.10. The second kappa shape index (κ2) is 5.64. The Kier molecular flexibility index (Phi) is 3.71. The maximum Gasteiger partial charge on any atom is 0.271 e. The summed E-state index contributed by atoms with van der Waals surface area (Å²) in [4.78, 5) is 17.5. The second-order valence-corrected chi connectivity index (χ2v) is 5.79. The lowest BCUT2D eigenvalue weighted by Crippen LogP contribution is -2.25. The molecule has 0 aliphatic carbocycles. The fraction of sp³-hybridized carbons (Fsp3) is 0.143. The lowest BCUT2D eigenvalue weighted by atomic mass is 10.3. The molecule has 1 N–H and O–H groups in total. The molecule has 0 fully saturated rings. The minimum absolute atomic E-state index is 0.165. The Morgan fingerprint density at radius 1 is 1.35 bits per heavy atom. The average molecular weight is 306 g/mol. The molecule has 0 unspecified atom stereocenters. The average Bonchev–Trinajstić information content (AvgIpc) is 3.06. The van der Waals surface area contributed by atoms with E-state index in [9.17, 15) is 4.79 Å². The van der Waals surface area contributed by atoms with Crippen LogP contribution in [0.15, 0.2) is 42.0 Å². The summed E-state index contributed by atoms with van der Waals surface area (Å²) in [6.07, 6.45) is 4.25. The molecule has 3 heterocycles. The smallest absolute Gasteiger partial charge is 0.271 e. The fourth-order valence-corrected chi connectivity index (χ4v) is 2.80. The number of hydrogen-bond donors (Lipinski definition) is 1. The molecule has 4 nitrogen and oxygen atoms in total. The van der Waals surface area contributed by atoms with Crippen LogP contribution in [0.2, 0.25) is 5.02 Å². The molecule has 6 heteroatoms. The van der Waals surface area contributed by atoms with Crippen molar-refractivity contribution in [2.45, 2.75) is 6.42 Å². The van der Waals surface area contributed by atoms with E-state index in [4.69, 9.17) is 11.6 Å². The van der Waals surface area contributed by atoms with E-state index in [1.807, 2.05) is 11.4 Å². The molecule has 3 aromatic rings. The number of fused-ring (bicyclic) bond motifs is 1. The number of aromatic nitrogens is 2. The molecular formula is C14H12ClN3OS. The molecule has 0 saturated heterocycles. The van der Waals surface area contributed by atoms with Crippen LogP contribution in [0.5, 0.6) is 0 Å². The number of carbonyl (C=O) groups excluding carboxylic acids is 1. The van der Waals surface area contributed by atoms with E-state index < -0.39 is 0 Å². The largest absolute Gasteiger partial charge is 0.350 e. The maximum atomic E-state index is 12.0. The summed E-state index contributed by atoms with van der Waals surface area (Å²) in [6, 6.07) is 7.60. The number of carbonyl (C=O) groups is 1. The van der Waals surface area contributed by atoms with Gasteiger partial charge in [-0.05, 0) is 30.0 Å². The maximum absolute atomic E-state index is 12.0. The lowest BCUT2D eigenvalue weighted by Gasteiger charge is -2.00. The Hall–Kier alpha value is -1.85. The monoisotopic (exact) mass is 305 g/mol. The van der Waals surface area contributed by atoms with Crippen LogP contribution >= 0.6 is 22.9 Å². The van der Waals surface area contributed by atoms with Gasteiger partial charge in [0.2, 0.25) is 0 Å². The molecule has 102 valence electrons. The molecule has 0 atom stereocenters. The zero-order chi connectivity index (χ0) is 13.9. The highest BCUT2D eigenvalue weighted by Crippen LogP contribution is 2.12. The number of nitrogens with one attached hydrogen (secondary N) is 1. The van der Waals surface area contributed by atoms with Crippen molar-refractivity contribution in [3.8, 4) is 0 Å². The highest BCUT2D eigenvalue weighted by molar-refractivity contribution is 7.09. The predicted octanol–water partition coefficient (Wildman–Crippen LogP) is 3.02. The van der Waals surface area contributed by atoms with Crippen LogP contribution in [0, 0.1) is 0 Å². The zero-order valence-corrected chi connectivity index (χ0v) is 12.1. The van der Waals surface area contributed by atoms with Gasteiger partial charge in [-0.15, -0.1) is 11.3 Å². The Balaban J connectivity index is 1.66. The zero-order valence-electron chi connectivity index (χ0n) is 10.5. The number of halogens is 1. The summed E-state index contributed by atoms with van der Waals surface area (Å²) < 4.78 is 1.75. The predicted molar refractivity (Wildman–Crippen MR) is 80.6 cm³/mol. The standard InChI is InChI=1S/C14H12ClN3OS/c15-10-3-4-13-17-12(9-18(13)8-10)14(19)16-6-5-11-2-1-7-20-11/h1-4,7-9H,5-6H2,(H,16,19). The Morgan fingerprint density at radius 2 is 2.25 bits per heavy atom. The Labute approximate surface area is 125 Å². The molecule has 0 bridgehead atoms. The van der Waals surface area contributed by atoms with E-state index in [0.717, 1.165) is 6.42 Å². The normalized spacial score (nSPS) is 10.8. The first-order valence-electron chi connectivity index (χ1n) is 6.17. The van der Waals surface area contributed by atoms with Crippen LogP contribution < -0.4 is 5.32 Å². The van der Waals surface area contributed by atoms with Crippen LogP contribution in [-0.2, 0) is 6.42 Å². The van der Waals surface area contributed by atoms with E-state index in [0.29, 0.717) is 22.9 Å². The number of amides is 1.